The molecule has 120 valence electrons. The zero-order valence-corrected chi connectivity index (χ0v) is 13.9. The molecule has 2 fully saturated rings. The van der Waals surface area contributed by atoms with Gasteiger partial charge in [-0.2, -0.15) is 0 Å². The third kappa shape index (κ3) is 3.05. The van der Waals surface area contributed by atoms with Crippen molar-refractivity contribution < 1.29 is 9.53 Å². The average Bonchev–Trinajstić information content (AvgIpc) is 3.14. The molecule has 1 amide bonds. The molecule has 1 aliphatic carbocycles. The van der Waals surface area contributed by atoms with Crippen molar-refractivity contribution in [3.63, 3.8) is 0 Å². The molecule has 22 heavy (non-hydrogen) atoms. The first-order valence-corrected chi connectivity index (χ1v) is 8.39. The fraction of sp³-hybridized carbons (Fsp3) is 0.632. The molecular formula is C19H27NO2. The highest BCUT2D eigenvalue weighted by Gasteiger charge is 2.51. The molecule has 1 N–H and O–H groups in total. The first-order valence-electron chi connectivity index (χ1n) is 8.39. The minimum Gasteiger partial charge on any atom is -0.381 e. The predicted molar refractivity (Wildman–Crippen MR) is 88.0 cm³/mol. The Bertz CT molecular complexity index is 532. The van der Waals surface area contributed by atoms with E-state index in [-0.39, 0.29) is 16.7 Å². The Balaban J connectivity index is 1.66. The maximum Gasteiger partial charge on any atom is 0.230 e. The van der Waals surface area contributed by atoms with Gasteiger partial charge < -0.3 is 10.1 Å². The number of carbonyl (C=O) groups excluding carboxylic acids is 1. The van der Waals surface area contributed by atoms with Crippen molar-refractivity contribution >= 4 is 5.91 Å². The monoisotopic (exact) mass is 301 g/mol. The molecule has 0 aromatic heterocycles. The van der Waals surface area contributed by atoms with Crippen molar-refractivity contribution in [1.82, 2.24) is 5.32 Å². The molecule has 1 saturated heterocycles. The minimum atomic E-state index is -0.268. The van der Waals surface area contributed by atoms with E-state index in [0.717, 1.165) is 39.0 Å². The number of carbonyl (C=O) groups is 1. The van der Waals surface area contributed by atoms with Crippen molar-refractivity contribution in [2.75, 3.05) is 19.8 Å². The zero-order valence-electron chi connectivity index (χ0n) is 13.9. The average molecular weight is 301 g/mol. The summed E-state index contributed by atoms with van der Waals surface area (Å²) in [5.41, 5.74) is 2.37. The highest BCUT2D eigenvalue weighted by molar-refractivity contribution is 5.91. The second-order valence-corrected chi connectivity index (χ2v) is 7.85. The van der Waals surface area contributed by atoms with E-state index in [9.17, 15) is 4.79 Å². The normalized spacial score (nSPS) is 23.3. The van der Waals surface area contributed by atoms with E-state index in [1.165, 1.54) is 11.1 Å². The third-order valence-corrected chi connectivity index (χ3v) is 5.06. The Kier molecular flexibility index (Phi) is 4.02. The van der Waals surface area contributed by atoms with Crippen LogP contribution in [0, 0.1) is 5.92 Å². The van der Waals surface area contributed by atoms with Crippen LogP contribution in [-0.2, 0) is 20.4 Å². The van der Waals surface area contributed by atoms with Gasteiger partial charge in [0, 0.05) is 19.1 Å². The maximum atomic E-state index is 12.6. The SMILES string of the molecule is CC(C)(C)c1ccc(C2(C(=O)NC[C@@H]3CCOC3)CC2)cc1. The van der Waals surface area contributed by atoms with Crippen LogP contribution in [0.2, 0.25) is 0 Å². The van der Waals surface area contributed by atoms with Gasteiger partial charge in [-0.15, -0.1) is 0 Å². The lowest BCUT2D eigenvalue weighted by Crippen LogP contribution is -2.37. The summed E-state index contributed by atoms with van der Waals surface area (Å²) >= 11 is 0. The van der Waals surface area contributed by atoms with Crippen molar-refractivity contribution in [3.05, 3.63) is 35.4 Å². The second-order valence-electron chi connectivity index (χ2n) is 7.85. The number of hydrogen-bond donors (Lipinski definition) is 1. The van der Waals surface area contributed by atoms with E-state index >= 15 is 0 Å². The summed E-state index contributed by atoms with van der Waals surface area (Å²) < 4.78 is 5.37. The lowest BCUT2D eigenvalue weighted by atomic mass is 9.85. The summed E-state index contributed by atoms with van der Waals surface area (Å²) in [5.74, 6) is 0.686. The Labute approximate surface area is 133 Å². The number of hydrogen-bond acceptors (Lipinski definition) is 2. The fourth-order valence-electron chi connectivity index (χ4n) is 3.21. The van der Waals surface area contributed by atoms with Crippen molar-refractivity contribution in [3.8, 4) is 0 Å². The van der Waals surface area contributed by atoms with E-state index < -0.39 is 0 Å². The smallest absolute Gasteiger partial charge is 0.230 e. The topological polar surface area (TPSA) is 38.3 Å². The molecule has 0 unspecified atom stereocenters. The summed E-state index contributed by atoms with van der Waals surface area (Å²) in [4.78, 5) is 12.6. The van der Waals surface area contributed by atoms with Crippen molar-refractivity contribution in [2.24, 2.45) is 5.92 Å². The van der Waals surface area contributed by atoms with Crippen LogP contribution in [0.5, 0.6) is 0 Å². The molecular weight excluding hydrogens is 274 g/mol. The van der Waals surface area contributed by atoms with Gasteiger partial charge in [0.2, 0.25) is 5.91 Å². The van der Waals surface area contributed by atoms with Crippen LogP contribution < -0.4 is 5.32 Å². The Morgan fingerprint density at radius 1 is 1.27 bits per heavy atom. The fourth-order valence-corrected chi connectivity index (χ4v) is 3.21. The Morgan fingerprint density at radius 2 is 1.95 bits per heavy atom. The first-order chi connectivity index (χ1) is 10.4. The van der Waals surface area contributed by atoms with Crippen molar-refractivity contribution in [1.29, 1.82) is 0 Å². The number of ether oxygens (including phenoxy) is 1. The van der Waals surface area contributed by atoms with E-state index in [1.54, 1.807) is 0 Å². The van der Waals surface area contributed by atoms with Gasteiger partial charge in [-0.1, -0.05) is 45.0 Å². The van der Waals surface area contributed by atoms with Crippen LogP contribution in [0.3, 0.4) is 0 Å². The molecule has 1 atom stereocenters. The van der Waals surface area contributed by atoms with Gasteiger partial charge in [-0.25, -0.2) is 0 Å². The second kappa shape index (κ2) is 5.69. The van der Waals surface area contributed by atoms with E-state index in [1.807, 2.05) is 0 Å². The molecule has 3 rings (SSSR count). The number of amides is 1. The molecule has 3 nitrogen and oxygen atoms in total. The quantitative estimate of drug-likeness (QED) is 0.927. The lowest BCUT2D eigenvalue weighted by Gasteiger charge is -2.21. The molecule has 0 bridgehead atoms. The van der Waals surface area contributed by atoms with Gasteiger partial charge in [0.05, 0.1) is 12.0 Å². The van der Waals surface area contributed by atoms with E-state index in [4.69, 9.17) is 4.74 Å². The Morgan fingerprint density at radius 3 is 2.45 bits per heavy atom. The van der Waals surface area contributed by atoms with Gasteiger partial charge in [-0.3, -0.25) is 4.79 Å². The molecule has 1 aromatic rings. The van der Waals surface area contributed by atoms with Gasteiger partial charge in [-0.05, 0) is 35.8 Å². The summed E-state index contributed by atoms with van der Waals surface area (Å²) in [5, 5.41) is 3.15. The van der Waals surface area contributed by atoms with Crippen LogP contribution in [0.1, 0.15) is 51.2 Å². The lowest BCUT2D eigenvalue weighted by molar-refractivity contribution is -0.123. The number of nitrogens with one attached hydrogen (secondary N) is 1. The largest absolute Gasteiger partial charge is 0.381 e. The van der Waals surface area contributed by atoms with Gasteiger partial charge >= 0.3 is 0 Å². The van der Waals surface area contributed by atoms with Crippen LogP contribution in [0.25, 0.3) is 0 Å². The molecule has 1 heterocycles. The van der Waals surface area contributed by atoms with Crippen LogP contribution in [0.15, 0.2) is 24.3 Å². The summed E-state index contributed by atoms with van der Waals surface area (Å²) in [6, 6.07) is 8.64. The van der Waals surface area contributed by atoms with Crippen LogP contribution in [-0.4, -0.2) is 25.7 Å². The Hall–Kier alpha value is -1.35. The van der Waals surface area contributed by atoms with E-state index in [0.29, 0.717) is 5.92 Å². The summed E-state index contributed by atoms with van der Waals surface area (Å²) in [7, 11) is 0. The standard InChI is InChI=1S/C19H27NO2/c1-18(2,3)15-4-6-16(7-5-15)19(9-10-19)17(21)20-12-14-8-11-22-13-14/h4-7,14H,8-13H2,1-3H3,(H,20,21)/t14-/m0/s1. The molecule has 0 spiro atoms. The molecule has 0 radical (unpaired) electrons. The molecule has 1 aromatic carbocycles. The molecule has 2 aliphatic rings. The van der Waals surface area contributed by atoms with E-state index in [2.05, 4.69) is 50.4 Å². The molecule has 1 aliphatic heterocycles. The third-order valence-electron chi connectivity index (χ3n) is 5.06. The number of rotatable bonds is 4. The van der Waals surface area contributed by atoms with Crippen LogP contribution in [0.4, 0.5) is 0 Å². The summed E-state index contributed by atoms with van der Waals surface area (Å²) in [6.07, 6.45) is 3.00. The first kappa shape index (κ1) is 15.5. The molecule has 1 saturated carbocycles. The predicted octanol–water partition coefficient (Wildman–Crippen LogP) is 3.17. The minimum absolute atomic E-state index is 0.153. The maximum absolute atomic E-state index is 12.6. The van der Waals surface area contributed by atoms with Gasteiger partial charge in [0.15, 0.2) is 0 Å². The zero-order chi connectivity index (χ0) is 15.8. The highest BCUT2D eigenvalue weighted by atomic mass is 16.5. The highest BCUT2D eigenvalue weighted by Crippen LogP contribution is 2.48. The number of benzene rings is 1. The molecule has 3 heteroatoms. The van der Waals surface area contributed by atoms with Gasteiger partial charge in [0.1, 0.15) is 0 Å². The summed E-state index contributed by atoms with van der Waals surface area (Å²) in [6.45, 7) is 9.01. The van der Waals surface area contributed by atoms with Crippen molar-refractivity contribution in [2.45, 2.75) is 50.9 Å². The van der Waals surface area contributed by atoms with Gasteiger partial charge in [0.25, 0.3) is 0 Å². The van der Waals surface area contributed by atoms with Crippen LogP contribution >= 0.6 is 0 Å².